The number of aryl methyl sites for hydroxylation is 2. The van der Waals surface area contributed by atoms with Gasteiger partial charge in [-0.2, -0.15) is 0 Å². The highest BCUT2D eigenvalue weighted by atomic mass is 16.5. The monoisotopic (exact) mass is 338 g/mol. The molecule has 0 fully saturated rings. The molecule has 0 atom stereocenters. The first kappa shape index (κ1) is 16.5. The van der Waals surface area contributed by atoms with Gasteiger partial charge >= 0.3 is 6.03 Å². The van der Waals surface area contributed by atoms with E-state index in [2.05, 4.69) is 20.8 Å². The van der Waals surface area contributed by atoms with E-state index in [4.69, 9.17) is 9.26 Å². The molecular formula is C18H18N4O3. The van der Waals surface area contributed by atoms with Crippen molar-refractivity contribution in [3.8, 4) is 11.6 Å². The van der Waals surface area contributed by atoms with E-state index < -0.39 is 0 Å². The zero-order valence-corrected chi connectivity index (χ0v) is 13.9. The second-order valence-electron chi connectivity index (χ2n) is 5.41. The number of ether oxygens (including phenoxy) is 1. The summed E-state index contributed by atoms with van der Waals surface area (Å²) in [5.74, 6) is 1.77. The minimum Gasteiger partial charge on any atom is -0.439 e. The van der Waals surface area contributed by atoms with Crippen LogP contribution in [0.4, 0.5) is 10.5 Å². The largest absolute Gasteiger partial charge is 0.439 e. The summed E-state index contributed by atoms with van der Waals surface area (Å²) in [5, 5.41) is 9.41. The summed E-state index contributed by atoms with van der Waals surface area (Å²) in [4.78, 5) is 16.2. The molecule has 2 heterocycles. The molecule has 7 heteroatoms. The van der Waals surface area contributed by atoms with Gasteiger partial charge in [0.15, 0.2) is 0 Å². The van der Waals surface area contributed by atoms with Crippen molar-refractivity contribution >= 4 is 11.7 Å². The Morgan fingerprint density at radius 1 is 1.20 bits per heavy atom. The maximum Gasteiger partial charge on any atom is 0.319 e. The Bertz CT molecular complexity index is 842. The highest BCUT2D eigenvalue weighted by Gasteiger charge is 2.10. The Balaban J connectivity index is 1.59. The Kier molecular flexibility index (Phi) is 4.94. The van der Waals surface area contributed by atoms with Crippen LogP contribution in [0.5, 0.6) is 11.6 Å². The van der Waals surface area contributed by atoms with Gasteiger partial charge in [-0.1, -0.05) is 17.3 Å². The predicted molar refractivity (Wildman–Crippen MR) is 92.6 cm³/mol. The molecule has 0 spiro atoms. The summed E-state index contributed by atoms with van der Waals surface area (Å²) >= 11 is 0. The van der Waals surface area contributed by atoms with Crippen molar-refractivity contribution in [2.45, 2.75) is 20.4 Å². The maximum atomic E-state index is 12.1. The van der Waals surface area contributed by atoms with E-state index in [1.54, 1.807) is 36.5 Å². The quantitative estimate of drug-likeness (QED) is 0.738. The molecule has 3 rings (SSSR count). The number of urea groups is 1. The number of aromatic nitrogens is 2. The van der Waals surface area contributed by atoms with Gasteiger partial charge in [0, 0.05) is 36.1 Å². The highest BCUT2D eigenvalue weighted by molar-refractivity contribution is 5.89. The average Bonchev–Trinajstić information content (AvgIpc) is 2.92. The van der Waals surface area contributed by atoms with Crippen molar-refractivity contribution in [2.24, 2.45) is 0 Å². The molecule has 0 aliphatic carbocycles. The fraction of sp³-hybridized carbons (Fsp3) is 0.167. The standard InChI is InChI=1S/C18H18N4O3/c1-12-16(13(2)25-22-12)11-20-18(23)21-14-6-5-7-15(10-14)24-17-8-3-4-9-19-17/h3-10H,11H2,1-2H3,(H2,20,21,23). The minimum absolute atomic E-state index is 0.324. The molecule has 2 N–H and O–H groups in total. The molecule has 0 saturated carbocycles. The van der Waals surface area contributed by atoms with E-state index >= 15 is 0 Å². The first-order chi connectivity index (χ1) is 12.1. The Hall–Kier alpha value is -3.35. The number of rotatable bonds is 5. The Morgan fingerprint density at radius 3 is 2.80 bits per heavy atom. The maximum absolute atomic E-state index is 12.1. The molecule has 0 bridgehead atoms. The summed E-state index contributed by atoms with van der Waals surface area (Å²) < 4.78 is 10.7. The number of hydrogen-bond acceptors (Lipinski definition) is 5. The molecule has 7 nitrogen and oxygen atoms in total. The van der Waals surface area contributed by atoms with Gasteiger partial charge in [-0.05, 0) is 32.0 Å². The predicted octanol–water partition coefficient (Wildman–Crippen LogP) is 3.80. The van der Waals surface area contributed by atoms with Crippen molar-refractivity contribution < 1.29 is 14.1 Å². The summed E-state index contributed by atoms with van der Waals surface area (Å²) in [6, 6.07) is 12.2. The summed E-state index contributed by atoms with van der Waals surface area (Å²) in [7, 11) is 0. The lowest BCUT2D eigenvalue weighted by Crippen LogP contribution is -2.28. The number of hydrogen-bond donors (Lipinski definition) is 2. The van der Waals surface area contributed by atoms with Crippen molar-refractivity contribution in [1.82, 2.24) is 15.5 Å². The van der Waals surface area contributed by atoms with E-state index in [1.807, 2.05) is 26.0 Å². The first-order valence-electron chi connectivity index (χ1n) is 7.77. The minimum atomic E-state index is -0.324. The van der Waals surface area contributed by atoms with E-state index in [-0.39, 0.29) is 6.03 Å². The third-order valence-electron chi connectivity index (χ3n) is 3.56. The molecule has 2 aromatic heterocycles. The normalized spacial score (nSPS) is 10.3. The van der Waals surface area contributed by atoms with Gasteiger partial charge in [0.2, 0.25) is 5.88 Å². The number of carbonyl (C=O) groups is 1. The molecule has 0 aliphatic rings. The zero-order chi connectivity index (χ0) is 17.6. The lowest BCUT2D eigenvalue weighted by Gasteiger charge is -2.09. The van der Waals surface area contributed by atoms with Gasteiger partial charge in [0.05, 0.1) is 5.69 Å². The summed E-state index contributed by atoms with van der Waals surface area (Å²) in [6.07, 6.45) is 1.65. The van der Waals surface area contributed by atoms with Crippen LogP contribution >= 0.6 is 0 Å². The molecule has 0 saturated heterocycles. The smallest absolute Gasteiger partial charge is 0.319 e. The lowest BCUT2D eigenvalue weighted by molar-refractivity contribution is 0.251. The van der Waals surface area contributed by atoms with E-state index in [1.165, 1.54) is 0 Å². The van der Waals surface area contributed by atoms with Crippen LogP contribution < -0.4 is 15.4 Å². The molecule has 128 valence electrons. The molecule has 25 heavy (non-hydrogen) atoms. The number of anilines is 1. The molecule has 2 amide bonds. The van der Waals surface area contributed by atoms with Gasteiger partial charge in [-0.3, -0.25) is 0 Å². The molecule has 3 aromatic rings. The van der Waals surface area contributed by atoms with Crippen molar-refractivity contribution in [3.05, 3.63) is 65.7 Å². The zero-order valence-electron chi connectivity index (χ0n) is 13.9. The second kappa shape index (κ2) is 7.48. The van der Waals surface area contributed by atoms with Gasteiger partial charge < -0.3 is 19.9 Å². The Morgan fingerprint density at radius 2 is 2.08 bits per heavy atom. The highest BCUT2D eigenvalue weighted by Crippen LogP contribution is 2.22. The fourth-order valence-electron chi connectivity index (χ4n) is 2.26. The van der Waals surface area contributed by atoms with Crippen molar-refractivity contribution in [3.63, 3.8) is 0 Å². The fourth-order valence-corrected chi connectivity index (χ4v) is 2.26. The van der Waals surface area contributed by atoms with Crippen molar-refractivity contribution in [1.29, 1.82) is 0 Å². The lowest BCUT2D eigenvalue weighted by atomic mass is 10.2. The van der Waals surface area contributed by atoms with E-state index in [0.29, 0.717) is 29.6 Å². The van der Waals surface area contributed by atoms with E-state index in [9.17, 15) is 4.79 Å². The van der Waals surface area contributed by atoms with Crippen LogP contribution in [0, 0.1) is 13.8 Å². The number of nitrogens with one attached hydrogen (secondary N) is 2. The average molecular weight is 338 g/mol. The van der Waals surface area contributed by atoms with Gasteiger partial charge in [0.1, 0.15) is 11.5 Å². The SMILES string of the molecule is Cc1noc(C)c1CNC(=O)Nc1cccc(Oc2ccccn2)c1. The van der Waals surface area contributed by atoms with Crippen LogP contribution in [0.3, 0.4) is 0 Å². The van der Waals surface area contributed by atoms with Crippen LogP contribution in [0.15, 0.2) is 53.2 Å². The number of carbonyl (C=O) groups excluding carboxylic acids is 1. The third kappa shape index (κ3) is 4.35. The molecule has 1 aromatic carbocycles. The van der Waals surface area contributed by atoms with Gasteiger partial charge in [-0.25, -0.2) is 9.78 Å². The van der Waals surface area contributed by atoms with Crippen LogP contribution in [-0.2, 0) is 6.54 Å². The topological polar surface area (TPSA) is 89.3 Å². The number of pyridine rings is 1. The summed E-state index contributed by atoms with van der Waals surface area (Å²) in [6.45, 7) is 3.99. The Labute approximate surface area is 145 Å². The third-order valence-corrected chi connectivity index (χ3v) is 3.56. The van der Waals surface area contributed by atoms with Crippen LogP contribution in [-0.4, -0.2) is 16.2 Å². The van der Waals surface area contributed by atoms with Crippen molar-refractivity contribution in [2.75, 3.05) is 5.32 Å². The number of nitrogens with zero attached hydrogens (tertiary/aromatic N) is 2. The number of amides is 2. The molecular weight excluding hydrogens is 320 g/mol. The summed E-state index contributed by atoms with van der Waals surface area (Å²) in [5.41, 5.74) is 2.26. The van der Waals surface area contributed by atoms with Gasteiger partial charge in [-0.15, -0.1) is 0 Å². The van der Waals surface area contributed by atoms with Crippen LogP contribution in [0.2, 0.25) is 0 Å². The van der Waals surface area contributed by atoms with Crippen LogP contribution in [0.1, 0.15) is 17.0 Å². The second-order valence-corrected chi connectivity index (χ2v) is 5.41. The molecule has 0 aliphatic heterocycles. The van der Waals surface area contributed by atoms with Gasteiger partial charge in [0.25, 0.3) is 0 Å². The molecule has 0 unspecified atom stereocenters. The molecule has 0 radical (unpaired) electrons. The van der Waals surface area contributed by atoms with E-state index in [0.717, 1.165) is 11.3 Å². The first-order valence-corrected chi connectivity index (χ1v) is 7.77. The van der Waals surface area contributed by atoms with Crippen LogP contribution in [0.25, 0.3) is 0 Å². The number of benzene rings is 1.